The van der Waals surface area contributed by atoms with Crippen LogP contribution in [-0.4, -0.2) is 22.0 Å². The maximum Gasteiger partial charge on any atom is 0.324 e. The number of nitro groups is 1. The van der Waals surface area contributed by atoms with Crippen LogP contribution in [0.4, 0.5) is 5.00 Å². The number of allylic oxidation sites excluding steroid dienone is 1. The average Bonchev–Trinajstić information content (AvgIpc) is 3.26. The number of ether oxygens (including phenoxy) is 1. The molecule has 3 rings (SSSR count). The first-order valence-corrected chi connectivity index (χ1v) is 10.0. The van der Waals surface area contributed by atoms with E-state index in [1.165, 1.54) is 29.6 Å². The van der Waals surface area contributed by atoms with Gasteiger partial charge < -0.3 is 9.30 Å². The number of amides is 1. The van der Waals surface area contributed by atoms with E-state index in [0.29, 0.717) is 22.8 Å². The summed E-state index contributed by atoms with van der Waals surface area (Å²) in [5.41, 5.74) is 0.942. The number of hydrogen-bond acceptors (Lipinski definition) is 6. The number of carbonyl (C=O) groups is 1. The summed E-state index contributed by atoms with van der Waals surface area (Å²) in [5.74, 6) is 0.324. The van der Waals surface area contributed by atoms with Crippen molar-refractivity contribution in [2.75, 3.05) is 6.61 Å². The number of fused-ring (bicyclic) bond motifs is 1. The molecule has 3 aromatic rings. The zero-order valence-electron chi connectivity index (χ0n) is 15.0. The Bertz CT molecular complexity index is 1140. The molecule has 144 valence electrons. The molecular formula is C19H17N3O4S2. The number of benzene rings is 1. The van der Waals surface area contributed by atoms with Gasteiger partial charge in [0.05, 0.1) is 21.7 Å². The van der Waals surface area contributed by atoms with Crippen LogP contribution in [0.5, 0.6) is 5.75 Å². The molecule has 9 heteroatoms. The van der Waals surface area contributed by atoms with E-state index in [-0.39, 0.29) is 5.00 Å². The number of rotatable bonds is 7. The fourth-order valence-corrected chi connectivity index (χ4v) is 4.31. The Balaban J connectivity index is 1.93. The molecule has 0 aliphatic carbocycles. The number of aromatic nitrogens is 1. The third kappa shape index (κ3) is 4.44. The third-order valence-electron chi connectivity index (χ3n) is 3.67. The van der Waals surface area contributed by atoms with Gasteiger partial charge in [0.15, 0.2) is 4.80 Å². The van der Waals surface area contributed by atoms with Crippen molar-refractivity contribution in [1.82, 2.24) is 4.57 Å². The summed E-state index contributed by atoms with van der Waals surface area (Å²) in [4.78, 5) is 27.9. The summed E-state index contributed by atoms with van der Waals surface area (Å²) < 4.78 is 8.40. The van der Waals surface area contributed by atoms with E-state index in [2.05, 4.69) is 11.6 Å². The lowest BCUT2D eigenvalue weighted by Crippen LogP contribution is -2.15. The zero-order chi connectivity index (χ0) is 20.1. The second-order valence-electron chi connectivity index (χ2n) is 5.56. The molecule has 2 heterocycles. The maximum atomic E-state index is 12.3. The van der Waals surface area contributed by atoms with Crippen molar-refractivity contribution in [2.24, 2.45) is 4.99 Å². The van der Waals surface area contributed by atoms with E-state index < -0.39 is 10.8 Å². The molecule has 0 atom stereocenters. The summed E-state index contributed by atoms with van der Waals surface area (Å²) >= 11 is 2.39. The van der Waals surface area contributed by atoms with E-state index >= 15 is 0 Å². The molecule has 7 nitrogen and oxygen atoms in total. The van der Waals surface area contributed by atoms with Crippen LogP contribution in [-0.2, 0) is 11.3 Å². The van der Waals surface area contributed by atoms with Crippen molar-refractivity contribution in [1.29, 1.82) is 0 Å². The molecule has 28 heavy (non-hydrogen) atoms. The molecule has 0 N–H and O–H groups in total. The fraction of sp³-hybridized carbons (Fsp3) is 0.158. The number of thiophene rings is 1. The summed E-state index contributed by atoms with van der Waals surface area (Å²) in [6, 6.07) is 8.75. The van der Waals surface area contributed by atoms with Gasteiger partial charge in [0, 0.05) is 23.6 Å². The molecule has 1 amide bonds. The van der Waals surface area contributed by atoms with Gasteiger partial charge in [-0.1, -0.05) is 28.7 Å². The Morgan fingerprint density at radius 3 is 2.86 bits per heavy atom. The van der Waals surface area contributed by atoms with E-state index in [1.54, 1.807) is 12.1 Å². The molecule has 0 bridgehead atoms. The molecule has 0 unspecified atom stereocenters. The first-order valence-electron chi connectivity index (χ1n) is 8.40. The second-order valence-corrected chi connectivity index (χ2v) is 7.67. The quantitative estimate of drug-likeness (QED) is 0.248. The van der Waals surface area contributed by atoms with E-state index in [4.69, 9.17) is 4.74 Å². The van der Waals surface area contributed by atoms with Crippen molar-refractivity contribution in [3.05, 3.63) is 68.9 Å². The molecule has 0 saturated heterocycles. The van der Waals surface area contributed by atoms with Crippen molar-refractivity contribution < 1.29 is 14.5 Å². The SMILES string of the molecule is C=CCn1c(=NC(=O)/C=C\c2ccc([N+](=O)[O-])s2)sc2cc(OCC)ccc21. The Hall–Kier alpha value is -3.04. The van der Waals surface area contributed by atoms with Gasteiger partial charge in [-0.05, 0) is 37.3 Å². The van der Waals surface area contributed by atoms with Gasteiger partial charge in [0.2, 0.25) is 0 Å². The van der Waals surface area contributed by atoms with Crippen LogP contribution in [0.15, 0.2) is 54.1 Å². The van der Waals surface area contributed by atoms with Crippen LogP contribution in [0.1, 0.15) is 11.8 Å². The highest BCUT2D eigenvalue weighted by Gasteiger charge is 2.09. The second kappa shape index (κ2) is 8.77. The van der Waals surface area contributed by atoms with E-state index in [9.17, 15) is 14.9 Å². The molecule has 0 radical (unpaired) electrons. The highest BCUT2D eigenvalue weighted by molar-refractivity contribution is 7.16. The molecule has 2 aromatic heterocycles. The highest BCUT2D eigenvalue weighted by atomic mass is 32.1. The third-order valence-corrected chi connectivity index (χ3v) is 5.71. The molecule has 0 aliphatic rings. The maximum absolute atomic E-state index is 12.3. The average molecular weight is 415 g/mol. The largest absolute Gasteiger partial charge is 0.494 e. The summed E-state index contributed by atoms with van der Waals surface area (Å²) in [7, 11) is 0. The summed E-state index contributed by atoms with van der Waals surface area (Å²) in [6.45, 7) is 6.78. The minimum Gasteiger partial charge on any atom is -0.494 e. The van der Waals surface area contributed by atoms with Crippen molar-refractivity contribution in [2.45, 2.75) is 13.5 Å². The number of hydrogen-bond donors (Lipinski definition) is 0. The summed E-state index contributed by atoms with van der Waals surface area (Å²) in [6.07, 6.45) is 4.58. The Labute approximate surface area is 168 Å². The van der Waals surface area contributed by atoms with Crippen molar-refractivity contribution in [3.63, 3.8) is 0 Å². The van der Waals surface area contributed by atoms with Crippen LogP contribution in [0.25, 0.3) is 16.3 Å². The van der Waals surface area contributed by atoms with Crippen LogP contribution >= 0.6 is 22.7 Å². The van der Waals surface area contributed by atoms with Crippen LogP contribution in [0, 0.1) is 10.1 Å². The van der Waals surface area contributed by atoms with Crippen molar-refractivity contribution >= 4 is 49.9 Å². The molecule has 0 fully saturated rings. The molecule has 0 spiro atoms. The monoisotopic (exact) mass is 415 g/mol. The predicted octanol–water partition coefficient (Wildman–Crippen LogP) is 4.40. The van der Waals surface area contributed by atoms with Crippen LogP contribution in [0.3, 0.4) is 0 Å². The lowest BCUT2D eigenvalue weighted by atomic mass is 10.3. The Morgan fingerprint density at radius 2 is 2.18 bits per heavy atom. The highest BCUT2D eigenvalue weighted by Crippen LogP contribution is 2.25. The van der Waals surface area contributed by atoms with Gasteiger partial charge in [0.1, 0.15) is 5.75 Å². The van der Waals surface area contributed by atoms with Gasteiger partial charge in [0.25, 0.3) is 5.91 Å². The van der Waals surface area contributed by atoms with Crippen LogP contribution in [0.2, 0.25) is 0 Å². The minimum absolute atomic E-state index is 0.0301. The van der Waals surface area contributed by atoms with Gasteiger partial charge in [-0.3, -0.25) is 14.9 Å². The van der Waals surface area contributed by atoms with Crippen molar-refractivity contribution in [3.8, 4) is 5.75 Å². The van der Waals surface area contributed by atoms with E-state index in [0.717, 1.165) is 27.3 Å². The molecule has 0 aliphatic heterocycles. The Kier molecular flexibility index (Phi) is 6.17. The first kappa shape index (κ1) is 19.7. The van der Waals surface area contributed by atoms with Gasteiger partial charge >= 0.3 is 5.00 Å². The molecular weight excluding hydrogens is 398 g/mol. The smallest absolute Gasteiger partial charge is 0.324 e. The van der Waals surface area contributed by atoms with Gasteiger partial charge in [-0.2, -0.15) is 4.99 Å². The normalized spacial score (nSPS) is 12.0. The Morgan fingerprint density at radius 1 is 1.36 bits per heavy atom. The topological polar surface area (TPSA) is 86.7 Å². The molecule has 1 aromatic carbocycles. The fourth-order valence-electron chi connectivity index (χ4n) is 2.52. The number of thiazole rings is 1. The van der Waals surface area contributed by atoms with E-state index in [1.807, 2.05) is 29.7 Å². The lowest BCUT2D eigenvalue weighted by Gasteiger charge is -2.03. The number of carbonyl (C=O) groups excluding carboxylic acids is 1. The van der Waals surface area contributed by atoms with Crippen LogP contribution < -0.4 is 9.54 Å². The summed E-state index contributed by atoms with van der Waals surface area (Å²) in [5, 5.41) is 10.8. The molecule has 0 saturated carbocycles. The van der Waals surface area contributed by atoms with Gasteiger partial charge in [-0.25, -0.2) is 0 Å². The predicted molar refractivity (Wildman–Crippen MR) is 112 cm³/mol. The minimum atomic E-state index is -0.458. The van der Waals surface area contributed by atoms with Gasteiger partial charge in [-0.15, -0.1) is 6.58 Å². The standard InChI is InChI=1S/C19H17N3O4S2/c1-3-11-21-15-8-5-13(26-4-2)12-16(15)28-19(21)20-17(23)9-6-14-7-10-18(27-14)22(24)25/h3,5-10,12H,1,4,11H2,2H3/b9-6-,20-19?. The number of nitrogens with zero attached hydrogens (tertiary/aromatic N) is 3. The lowest BCUT2D eigenvalue weighted by molar-refractivity contribution is -0.380. The zero-order valence-corrected chi connectivity index (χ0v) is 16.7. The first-order chi connectivity index (χ1) is 13.5.